The molecule has 2 aromatic rings. The van der Waals surface area contributed by atoms with Crippen LogP contribution in [0, 0.1) is 0 Å². The highest BCUT2D eigenvalue weighted by Gasteiger charge is 2.18. The Labute approximate surface area is 92.5 Å². The Kier molecular flexibility index (Phi) is 2.14. The number of piperazine rings is 1. The van der Waals surface area contributed by atoms with Crippen LogP contribution in [0.1, 0.15) is 0 Å². The molecule has 2 aromatic heterocycles. The van der Waals surface area contributed by atoms with E-state index >= 15 is 0 Å². The number of H-pyrrole nitrogens is 1. The van der Waals surface area contributed by atoms with Crippen molar-refractivity contribution in [1.29, 1.82) is 0 Å². The molecule has 1 aliphatic rings. The number of anilines is 1. The number of thiophene rings is 1. The fraction of sp³-hybridized carbons (Fsp3) is 0.500. The van der Waals surface area contributed by atoms with Crippen LogP contribution in [0.25, 0.3) is 10.2 Å². The van der Waals surface area contributed by atoms with Gasteiger partial charge in [-0.25, -0.2) is 0 Å². The van der Waals surface area contributed by atoms with Gasteiger partial charge in [-0.05, 0) is 18.5 Å². The van der Waals surface area contributed by atoms with Crippen LogP contribution in [-0.2, 0) is 0 Å². The number of nitrogens with one attached hydrogen (secondary N) is 1. The van der Waals surface area contributed by atoms with Gasteiger partial charge in [-0.15, -0.1) is 11.3 Å². The first-order chi connectivity index (χ1) is 7.34. The largest absolute Gasteiger partial charge is 0.351 e. The molecule has 0 radical (unpaired) electrons. The number of hydrogen-bond donors (Lipinski definition) is 1. The van der Waals surface area contributed by atoms with Crippen molar-refractivity contribution in [2.24, 2.45) is 0 Å². The van der Waals surface area contributed by atoms with Gasteiger partial charge in [0.15, 0.2) is 5.82 Å². The Hall–Kier alpha value is -1.07. The molecular weight excluding hydrogens is 208 g/mol. The standard InChI is InChI=1S/C10H14N4S/c1-13-3-5-14(6-4-13)10-9-8(11-12-10)2-7-15-9/h2,7H,3-6H2,1H3,(H,11,12). The predicted octanol–water partition coefficient (Wildman–Crippen LogP) is 1.38. The quantitative estimate of drug-likeness (QED) is 0.791. The highest BCUT2D eigenvalue weighted by molar-refractivity contribution is 7.17. The lowest BCUT2D eigenvalue weighted by molar-refractivity contribution is 0.312. The summed E-state index contributed by atoms with van der Waals surface area (Å²) in [5.74, 6) is 1.13. The molecule has 1 fully saturated rings. The summed E-state index contributed by atoms with van der Waals surface area (Å²) in [6.45, 7) is 4.40. The third-order valence-electron chi connectivity index (χ3n) is 2.95. The van der Waals surface area contributed by atoms with E-state index in [1.54, 1.807) is 11.3 Å². The summed E-state index contributed by atoms with van der Waals surface area (Å²) in [5.41, 5.74) is 1.16. The highest BCUT2D eigenvalue weighted by atomic mass is 32.1. The summed E-state index contributed by atoms with van der Waals surface area (Å²) in [4.78, 5) is 4.73. The third kappa shape index (κ3) is 1.52. The first-order valence-corrected chi connectivity index (χ1v) is 6.07. The molecule has 4 nitrogen and oxygen atoms in total. The molecule has 80 valence electrons. The summed E-state index contributed by atoms with van der Waals surface area (Å²) in [6.07, 6.45) is 0. The van der Waals surface area contributed by atoms with Gasteiger partial charge in [0.05, 0.1) is 10.2 Å². The number of hydrogen-bond acceptors (Lipinski definition) is 4. The monoisotopic (exact) mass is 222 g/mol. The molecule has 0 bridgehead atoms. The lowest BCUT2D eigenvalue weighted by Gasteiger charge is -2.32. The molecule has 3 rings (SSSR count). The Morgan fingerprint density at radius 3 is 2.93 bits per heavy atom. The topological polar surface area (TPSA) is 35.2 Å². The van der Waals surface area contributed by atoms with Crippen LogP contribution in [0.4, 0.5) is 5.82 Å². The molecule has 0 aliphatic carbocycles. The molecule has 1 aliphatic heterocycles. The van der Waals surface area contributed by atoms with Crippen LogP contribution >= 0.6 is 11.3 Å². The van der Waals surface area contributed by atoms with Crippen LogP contribution in [0.3, 0.4) is 0 Å². The van der Waals surface area contributed by atoms with Crippen molar-refractivity contribution in [2.45, 2.75) is 0 Å². The summed E-state index contributed by atoms with van der Waals surface area (Å²) >= 11 is 1.77. The van der Waals surface area contributed by atoms with Gasteiger partial charge in [0.25, 0.3) is 0 Å². The van der Waals surface area contributed by atoms with E-state index in [2.05, 4.69) is 38.5 Å². The fourth-order valence-corrected chi connectivity index (χ4v) is 2.83. The zero-order chi connectivity index (χ0) is 10.3. The van der Waals surface area contributed by atoms with Crippen molar-refractivity contribution in [2.75, 3.05) is 38.1 Å². The number of rotatable bonds is 1. The molecule has 1 saturated heterocycles. The van der Waals surface area contributed by atoms with E-state index in [1.807, 2.05) is 0 Å². The molecule has 0 atom stereocenters. The van der Waals surface area contributed by atoms with Crippen molar-refractivity contribution < 1.29 is 0 Å². The molecule has 0 unspecified atom stereocenters. The molecule has 3 heterocycles. The van der Waals surface area contributed by atoms with Crippen molar-refractivity contribution in [1.82, 2.24) is 15.1 Å². The first kappa shape index (κ1) is 9.18. The molecule has 1 N–H and O–H groups in total. The Morgan fingerprint density at radius 2 is 2.13 bits per heavy atom. The first-order valence-electron chi connectivity index (χ1n) is 5.19. The fourth-order valence-electron chi connectivity index (χ4n) is 1.97. The second kappa shape index (κ2) is 3.50. The maximum absolute atomic E-state index is 4.40. The van der Waals surface area contributed by atoms with Crippen LogP contribution in [0.5, 0.6) is 0 Å². The summed E-state index contributed by atoms with van der Waals surface area (Å²) in [6, 6.07) is 2.09. The van der Waals surface area contributed by atoms with Crippen LogP contribution in [-0.4, -0.2) is 48.3 Å². The van der Waals surface area contributed by atoms with E-state index in [9.17, 15) is 0 Å². The summed E-state index contributed by atoms with van der Waals surface area (Å²) in [5, 5.41) is 9.59. The average Bonchev–Trinajstić information content (AvgIpc) is 2.80. The molecule has 0 aromatic carbocycles. The Balaban J connectivity index is 1.91. The highest BCUT2D eigenvalue weighted by Crippen LogP contribution is 2.29. The van der Waals surface area contributed by atoms with E-state index in [1.165, 1.54) is 4.70 Å². The number of aromatic nitrogens is 2. The molecular formula is C10H14N4S. The van der Waals surface area contributed by atoms with Gasteiger partial charge in [-0.1, -0.05) is 0 Å². The van der Waals surface area contributed by atoms with Crippen molar-refractivity contribution >= 4 is 27.4 Å². The van der Waals surface area contributed by atoms with E-state index in [0.717, 1.165) is 37.5 Å². The molecule has 0 spiro atoms. The number of aromatic amines is 1. The van der Waals surface area contributed by atoms with E-state index in [0.29, 0.717) is 0 Å². The molecule has 0 amide bonds. The van der Waals surface area contributed by atoms with Crippen LogP contribution in [0.15, 0.2) is 11.4 Å². The van der Waals surface area contributed by atoms with Crippen molar-refractivity contribution in [3.63, 3.8) is 0 Å². The second-order valence-corrected chi connectivity index (χ2v) is 4.92. The van der Waals surface area contributed by atoms with Crippen molar-refractivity contribution in [3.8, 4) is 0 Å². The van der Waals surface area contributed by atoms with Gasteiger partial charge in [0, 0.05) is 26.2 Å². The Bertz CT molecular complexity index is 453. The van der Waals surface area contributed by atoms with Crippen LogP contribution in [0.2, 0.25) is 0 Å². The van der Waals surface area contributed by atoms with E-state index in [-0.39, 0.29) is 0 Å². The maximum atomic E-state index is 4.40. The number of fused-ring (bicyclic) bond motifs is 1. The maximum Gasteiger partial charge on any atom is 0.168 e. The van der Waals surface area contributed by atoms with Gasteiger partial charge in [-0.3, -0.25) is 5.10 Å². The van der Waals surface area contributed by atoms with Gasteiger partial charge in [0.2, 0.25) is 0 Å². The minimum atomic E-state index is 1.08. The normalized spacial score (nSPS) is 18.9. The average molecular weight is 222 g/mol. The third-order valence-corrected chi connectivity index (χ3v) is 3.86. The van der Waals surface area contributed by atoms with Gasteiger partial charge >= 0.3 is 0 Å². The van der Waals surface area contributed by atoms with Crippen molar-refractivity contribution in [3.05, 3.63) is 11.4 Å². The lowest BCUT2D eigenvalue weighted by Crippen LogP contribution is -2.44. The van der Waals surface area contributed by atoms with Gasteiger partial charge in [0.1, 0.15) is 0 Å². The van der Waals surface area contributed by atoms with Gasteiger partial charge in [-0.2, -0.15) is 5.10 Å². The van der Waals surface area contributed by atoms with E-state index in [4.69, 9.17) is 0 Å². The minimum Gasteiger partial charge on any atom is -0.351 e. The number of nitrogens with zero attached hydrogens (tertiary/aromatic N) is 3. The lowest BCUT2D eigenvalue weighted by atomic mass is 10.3. The minimum absolute atomic E-state index is 1.08. The van der Waals surface area contributed by atoms with E-state index < -0.39 is 0 Å². The predicted molar refractivity (Wildman–Crippen MR) is 63.7 cm³/mol. The van der Waals surface area contributed by atoms with Crippen LogP contribution < -0.4 is 4.90 Å². The zero-order valence-electron chi connectivity index (χ0n) is 8.73. The summed E-state index contributed by atoms with van der Waals surface area (Å²) < 4.78 is 1.29. The molecule has 15 heavy (non-hydrogen) atoms. The summed E-state index contributed by atoms with van der Waals surface area (Å²) in [7, 11) is 2.17. The number of likely N-dealkylation sites (N-methyl/N-ethyl adjacent to an activating group) is 1. The SMILES string of the molecule is CN1CCN(c2n[nH]c3ccsc23)CC1. The second-order valence-electron chi connectivity index (χ2n) is 4.00. The smallest absolute Gasteiger partial charge is 0.168 e. The molecule has 0 saturated carbocycles. The van der Waals surface area contributed by atoms with Gasteiger partial charge < -0.3 is 9.80 Å². The zero-order valence-corrected chi connectivity index (χ0v) is 9.55. The molecule has 5 heteroatoms. The Morgan fingerprint density at radius 1 is 1.33 bits per heavy atom.